The first-order chi connectivity index (χ1) is 14.0. The molecule has 1 aliphatic rings. The molecule has 2 aromatic rings. The van der Waals surface area contributed by atoms with Crippen molar-refractivity contribution in [2.24, 2.45) is 10.7 Å². The van der Waals surface area contributed by atoms with Gasteiger partial charge in [0.2, 0.25) is 0 Å². The van der Waals surface area contributed by atoms with E-state index in [1.54, 1.807) is 6.08 Å². The maximum atomic E-state index is 11.8. The normalized spacial score (nSPS) is 14.8. The summed E-state index contributed by atoms with van der Waals surface area (Å²) >= 11 is 3.36. The summed E-state index contributed by atoms with van der Waals surface area (Å²) in [5.41, 5.74) is 7.58. The molecule has 2 N–H and O–H groups in total. The largest absolute Gasteiger partial charge is 0.490 e. The van der Waals surface area contributed by atoms with Crippen molar-refractivity contribution in [3.63, 3.8) is 0 Å². The van der Waals surface area contributed by atoms with E-state index in [4.69, 9.17) is 19.9 Å². The second-order valence-electron chi connectivity index (χ2n) is 6.14. The number of halogens is 1. The number of carbonyl (C=O) groups is 1. The van der Waals surface area contributed by atoms with E-state index in [2.05, 4.69) is 27.6 Å². The van der Waals surface area contributed by atoms with Gasteiger partial charge >= 0.3 is 0 Å². The molecule has 1 heterocycles. The van der Waals surface area contributed by atoms with Crippen LogP contribution in [0.5, 0.6) is 17.2 Å². The summed E-state index contributed by atoms with van der Waals surface area (Å²) in [6.07, 6.45) is 1.76. The lowest BCUT2D eigenvalue weighted by Crippen LogP contribution is -2.11. The SMILES string of the molecule is CCOc1cc(/C=C2/SC(N)=NC2=O)cc(I)c1OCCOc1cccc(C)c1. The Kier molecular flexibility index (Phi) is 7.43. The number of thioether (sulfide) groups is 1. The van der Waals surface area contributed by atoms with Gasteiger partial charge in [-0.05, 0) is 89.7 Å². The monoisotopic (exact) mass is 524 g/mol. The van der Waals surface area contributed by atoms with Gasteiger partial charge in [0.15, 0.2) is 16.7 Å². The Bertz CT molecular complexity index is 975. The zero-order valence-corrected chi connectivity index (χ0v) is 19.1. The Labute approximate surface area is 187 Å². The molecule has 6 nitrogen and oxygen atoms in total. The number of benzene rings is 2. The van der Waals surface area contributed by atoms with E-state index in [0.717, 1.165) is 32.2 Å². The minimum atomic E-state index is -0.325. The van der Waals surface area contributed by atoms with E-state index in [9.17, 15) is 4.79 Å². The third kappa shape index (κ3) is 5.89. The third-order valence-electron chi connectivity index (χ3n) is 3.85. The predicted octanol–water partition coefficient (Wildman–Crippen LogP) is 4.39. The molecule has 2 aromatic carbocycles. The fraction of sp³-hybridized carbons (Fsp3) is 0.238. The maximum Gasteiger partial charge on any atom is 0.286 e. The summed E-state index contributed by atoms with van der Waals surface area (Å²) < 4.78 is 18.3. The van der Waals surface area contributed by atoms with Crippen molar-refractivity contribution in [2.45, 2.75) is 13.8 Å². The summed E-state index contributed by atoms with van der Waals surface area (Å²) in [6.45, 7) is 5.22. The molecule has 1 amide bonds. The molecule has 0 aromatic heterocycles. The van der Waals surface area contributed by atoms with Gasteiger partial charge in [0, 0.05) is 0 Å². The summed E-state index contributed by atoms with van der Waals surface area (Å²) in [7, 11) is 0. The number of carbonyl (C=O) groups excluding carboxylic acids is 1. The minimum Gasteiger partial charge on any atom is -0.490 e. The van der Waals surface area contributed by atoms with Gasteiger partial charge in [-0.2, -0.15) is 4.99 Å². The quantitative estimate of drug-likeness (QED) is 0.314. The number of rotatable bonds is 8. The van der Waals surface area contributed by atoms with Crippen molar-refractivity contribution >= 4 is 51.5 Å². The van der Waals surface area contributed by atoms with Crippen molar-refractivity contribution in [3.8, 4) is 17.2 Å². The summed E-state index contributed by atoms with van der Waals surface area (Å²) in [5, 5.41) is 0.259. The molecule has 0 saturated heterocycles. The maximum absolute atomic E-state index is 11.8. The van der Waals surface area contributed by atoms with E-state index in [1.807, 2.05) is 50.2 Å². The van der Waals surface area contributed by atoms with Gasteiger partial charge in [0.05, 0.1) is 15.1 Å². The Morgan fingerprint density at radius 1 is 1.17 bits per heavy atom. The molecule has 29 heavy (non-hydrogen) atoms. The fourth-order valence-corrected chi connectivity index (χ4v) is 4.12. The molecular weight excluding hydrogens is 503 g/mol. The highest BCUT2D eigenvalue weighted by Crippen LogP contribution is 2.36. The zero-order valence-electron chi connectivity index (χ0n) is 16.1. The van der Waals surface area contributed by atoms with E-state index in [0.29, 0.717) is 36.2 Å². The lowest BCUT2D eigenvalue weighted by molar-refractivity contribution is -0.113. The number of aliphatic imine (C=N–C) groups is 1. The zero-order chi connectivity index (χ0) is 20.8. The molecule has 0 spiro atoms. The summed E-state index contributed by atoms with van der Waals surface area (Å²) in [6, 6.07) is 11.7. The molecule has 0 fully saturated rings. The van der Waals surface area contributed by atoms with Gasteiger partial charge in [-0.3, -0.25) is 4.79 Å². The van der Waals surface area contributed by atoms with Gasteiger partial charge in [-0.15, -0.1) is 0 Å². The molecule has 152 valence electrons. The van der Waals surface area contributed by atoms with Gasteiger partial charge in [0.1, 0.15) is 19.0 Å². The second kappa shape index (κ2) is 10.0. The van der Waals surface area contributed by atoms with Crippen LogP contribution in [0.3, 0.4) is 0 Å². The number of aryl methyl sites for hydroxylation is 1. The number of nitrogens with zero attached hydrogens (tertiary/aromatic N) is 1. The highest BCUT2D eigenvalue weighted by atomic mass is 127. The van der Waals surface area contributed by atoms with Crippen LogP contribution in [0.1, 0.15) is 18.1 Å². The first kappa shape index (κ1) is 21.5. The molecule has 0 unspecified atom stereocenters. The van der Waals surface area contributed by atoms with Gasteiger partial charge in [0.25, 0.3) is 5.91 Å². The van der Waals surface area contributed by atoms with Gasteiger partial charge in [-0.25, -0.2) is 0 Å². The smallest absolute Gasteiger partial charge is 0.286 e. The van der Waals surface area contributed by atoms with Crippen molar-refractivity contribution in [2.75, 3.05) is 19.8 Å². The summed E-state index contributed by atoms with van der Waals surface area (Å²) in [5.74, 6) is 1.76. The van der Waals surface area contributed by atoms with Crippen LogP contribution in [0.25, 0.3) is 6.08 Å². The number of nitrogens with two attached hydrogens (primary N) is 1. The van der Waals surface area contributed by atoms with Crippen LogP contribution in [0.2, 0.25) is 0 Å². The van der Waals surface area contributed by atoms with Gasteiger partial charge in [-0.1, -0.05) is 12.1 Å². The van der Waals surface area contributed by atoms with Crippen molar-refractivity contribution in [3.05, 3.63) is 56.0 Å². The van der Waals surface area contributed by atoms with E-state index in [-0.39, 0.29) is 11.1 Å². The number of amides is 1. The number of hydrogen-bond acceptors (Lipinski definition) is 6. The molecule has 0 radical (unpaired) electrons. The highest BCUT2D eigenvalue weighted by Gasteiger charge is 2.20. The summed E-state index contributed by atoms with van der Waals surface area (Å²) in [4.78, 5) is 16.0. The third-order valence-corrected chi connectivity index (χ3v) is 5.47. The first-order valence-electron chi connectivity index (χ1n) is 9.03. The number of hydrogen-bond donors (Lipinski definition) is 1. The Hall–Kier alpha value is -2.20. The molecule has 0 aliphatic carbocycles. The molecule has 0 bridgehead atoms. The van der Waals surface area contributed by atoms with Crippen LogP contribution in [0.15, 0.2) is 46.3 Å². The molecule has 8 heteroatoms. The Balaban J connectivity index is 1.69. The topological polar surface area (TPSA) is 83.1 Å². The predicted molar refractivity (Wildman–Crippen MR) is 125 cm³/mol. The Morgan fingerprint density at radius 2 is 1.97 bits per heavy atom. The molecule has 1 aliphatic heterocycles. The van der Waals surface area contributed by atoms with E-state index < -0.39 is 0 Å². The van der Waals surface area contributed by atoms with Crippen molar-refractivity contribution in [1.82, 2.24) is 0 Å². The molecule has 3 rings (SSSR count). The average molecular weight is 524 g/mol. The Morgan fingerprint density at radius 3 is 2.66 bits per heavy atom. The van der Waals surface area contributed by atoms with E-state index in [1.165, 1.54) is 0 Å². The van der Waals surface area contributed by atoms with Crippen LogP contribution in [0, 0.1) is 10.5 Å². The number of amidine groups is 1. The van der Waals surface area contributed by atoms with Crippen LogP contribution in [0.4, 0.5) is 0 Å². The van der Waals surface area contributed by atoms with Crippen LogP contribution < -0.4 is 19.9 Å². The second-order valence-corrected chi connectivity index (χ2v) is 8.37. The van der Waals surface area contributed by atoms with E-state index >= 15 is 0 Å². The van der Waals surface area contributed by atoms with Crippen LogP contribution in [-0.4, -0.2) is 30.9 Å². The van der Waals surface area contributed by atoms with Crippen molar-refractivity contribution in [1.29, 1.82) is 0 Å². The number of ether oxygens (including phenoxy) is 3. The molecule has 0 atom stereocenters. The van der Waals surface area contributed by atoms with Gasteiger partial charge < -0.3 is 19.9 Å². The molecular formula is C21H21IN2O4S. The average Bonchev–Trinajstić information content (AvgIpc) is 2.97. The highest BCUT2D eigenvalue weighted by molar-refractivity contribution is 14.1. The lowest BCUT2D eigenvalue weighted by Gasteiger charge is -2.15. The van der Waals surface area contributed by atoms with Crippen LogP contribution >= 0.6 is 34.4 Å². The standard InChI is InChI=1S/C21H21IN2O4S/c1-3-26-17-11-14(12-18-20(25)24-21(23)29-18)10-16(22)19(17)28-8-7-27-15-6-4-5-13(2)9-15/h4-6,9-12H,3,7-8H2,1-2H3,(H2,23,24,25)/b18-12+. The first-order valence-corrected chi connectivity index (χ1v) is 10.9. The molecule has 0 saturated carbocycles. The van der Waals surface area contributed by atoms with Crippen molar-refractivity contribution < 1.29 is 19.0 Å². The van der Waals surface area contributed by atoms with Crippen LogP contribution in [-0.2, 0) is 4.79 Å². The minimum absolute atomic E-state index is 0.259. The fourth-order valence-electron chi connectivity index (χ4n) is 2.66. The lowest BCUT2D eigenvalue weighted by atomic mass is 10.2.